The molecule has 2 unspecified atom stereocenters. The summed E-state index contributed by atoms with van der Waals surface area (Å²) in [5.41, 5.74) is -2.06. The van der Waals surface area contributed by atoms with Crippen molar-refractivity contribution in [1.82, 2.24) is 5.32 Å². The highest BCUT2D eigenvalue weighted by atomic mass is 79.9. The Morgan fingerprint density at radius 3 is 2.71 bits per heavy atom. The minimum Gasteiger partial charge on any atom is -0.383 e. The van der Waals surface area contributed by atoms with Gasteiger partial charge in [-0.2, -0.15) is 8.78 Å². The lowest BCUT2D eigenvalue weighted by molar-refractivity contribution is -0.117. The summed E-state index contributed by atoms with van der Waals surface area (Å²) in [6.45, 7) is 2.69. The van der Waals surface area contributed by atoms with E-state index in [0.717, 1.165) is 6.92 Å². The number of ether oxygens (including phenoxy) is 1. The van der Waals surface area contributed by atoms with Crippen LogP contribution in [0.1, 0.15) is 13.3 Å². The van der Waals surface area contributed by atoms with Gasteiger partial charge >= 0.3 is 4.83 Å². The van der Waals surface area contributed by atoms with Crippen molar-refractivity contribution >= 4 is 15.9 Å². The van der Waals surface area contributed by atoms with Crippen LogP contribution in [0, 0.1) is 0 Å². The molecule has 1 rings (SSSR count). The number of hydrogen-bond acceptors (Lipinski definition) is 3. The Hall–Kier alpha value is 0.220. The van der Waals surface area contributed by atoms with Crippen molar-refractivity contribution in [3.8, 4) is 0 Å². The van der Waals surface area contributed by atoms with E-state index < -0.39 is 10.4 Å². The lowest BCUT2D eigenvalue weighted by Crippen LogP contribution is -2.50. The number of rotatable bonds is 3. The first-order chi connectivity index (χ1) is 6.33. The molecule has 0 aromatic carbocycles. The van der Waals surface area contributed by atoms with Gasteiger partial charge in [0.25, 0.3) is 0 Å². The number of halogens is 3. The Kier molecular flexibility index (Phi) is 3.85. The SMILES string of the molecule is CC(O)(CC1COCCN1)C(F)(F)Br. The van der Waals surface area contributed by atoms with E-state index in [1.165, 1.54) is 0 Å². The molecule has 2 atom stereocenters. The molecular formula is C8H14BrF2NO2. The molecule has 0 spiro atoms. The van der Waals surface area contributed by atoms with Crippen molar-refractivity contribution in [2.45, 2.75) is 29.8 Å². The van der Waals surface area contributed by atoms with Crippen LogP contribution in [-0.2, 0) is 4.74 Å². The molecule has 0 aromatic heterocycles. The monoisotopic (exact) mass is 273 g/mol. The molecule has 1 saturated heterocycles. The van der Waals surface area contributed by atoms with E-state index >= 15 is 0 Å². The Balaban J connectivity index is 2.49. The largest absolute Gasteiger partial charge is 0.383 e. The predicted octanol–water partition coefficient (Wildman–Crippen LogP) is 1.10. The smallest absolute Gasteiger partial charge is 0.329 e. The van der Waals surface area contributed by atoms with Gasteiger partial charge in [0.15, 0.2) is 0 Å². The molecule has 0 aromatic rings. The Labute approximate surface area is 89.9 Å². The predicted molar refractivity (Wildman–Crippen MR) is 51.7 cm³/mol. The van der Waals surface area contributed by atoms with E-state index in [4.69, 9.17) is 4.74 Å². The van der Waals surface area contributed by atoms with Crippen molar-refractivity contribution < 1.29 is 18.6 Å². The molecule has 0 bridgehead atoms. The number of nitrogens with one attached hydrogen (secondary N) is 1. The van der Waals surface area contributed by atoms with Crippen molar-refractivity contribution in [3.05, 3.63) is 0 Å². The lowest BCUT2D eigenvalue weighted by Gasteiger charge is -2.33. The second-order valence-corrected chi connectivity index (χ2v) is 4.70. The number of alkyl halides is 3. The zero-order valence-corrected chi connectivity index (χ0v) is 9.48. The molecule has 2 N–H and O–H groups in total. The zero-order valence-electron chi connectivity index (χ0n) is 7.90. The molecule has 84 valence electrons. The molecule has 1 heterocycles. The van der Waals surface area contributed by atoms with E-state index in [2.05, 4.69) is 21.2 Å². The minimum atomic E-state index is -3.28. The van der Waals surface area contributed by atoms with Gasteiger partial charge in [-0.1, -0.05) is 0 Å². The van der Waals surface area contributed by atoms with Crippen molar-refractivity contribution in [3.63, 3.8) is 0 Å². The van der Waals surface area contributed by atoms with E-state index in [9.17, 15) is 13.9 Å². The summed E-state index contributed by atoms with van der Waals surface area (Å²) in [5.74, 6) is 0. The van der Waals surface area contributed by atoms with Gasteiger partial charge in [-0.15, -0.1) is 0 Å². The molecule has 1 aliphatic rings. The van der Waals surface area contributed by atoms with Gasteiger partial charge in [0, 0.05) is 19.0 Å². The van der Waals surface area contributed by atoms with Crippen LogP contribution in [0.4, 0.5) is 8.78 Å². The highest BCUT2D eigenvalue weighted by molar-refractivity contribution is 9.10. The Morgan fingerprint density at radius 1 is 1.64 bits per heavy atom. The van der Waals surface area contributed by atoms with Crippen molar-refractivity contribution in [1.29, 1.82) is 0 Å². The summed E-state index contributed by atoms with van der Waals surface area (Å²) >= 11 is 2.17. The summed E-state index contributed by atoms with van der Waals surface area (Å²) in [7, 11) is 0. The van der Waals surface area contributed by atoms with Crippen LogP contribution in [0.2, 0.25) is 0 Å². The summed E-state index contributed by atoms with van der Waals surface area (Å²) in [6, 6.07) is -0.220. The molecule has 0 amide bonds. The average molecular weight is 274 g/mol. The molecule has 1 fully saturated rings. The first-order valence-corrected chi connectivity index (χ1v) is 5.22. The van der Waals surface area contributed by atoms with Crippen LogP contribution in [0.5, 0.6) is 0 Å². The van der Waals surface area contributed by atoms with Crippen LogP contribution in [0.3, 0.4) is 0 Å². The maximum atomic E-state index is 12.9. The third kappa shape index (κ3) is 3.12. The van der Waals surface area contributed by atoms with Crippen LogP contribution in [0.25, 0.3) is 0 Å². The van der Waals surface area contributed by atoms with E-state index in [1.807, 2.05) is 0 Å². The molecule has 0 saturated carbocycles. The molecular weight excluding hydrogens is 260 g/mol. The maximum Gasteiger partial charge on any atom is 0.329 e. The first kappa shape index (κ1) is 12.3. The van der Waals surface area contributed by atoms with E-state index in [0.29, 0.717) is 19.8 Å². The Morgan fingerprint density at radius 2 is 2.29 bits per heavy atom. The maximum absolute atomic E-state index is 12.9. The molecule has 3 nitrogen and oxygen atoms in total. The van der Waals surface area contributed by atoms with Gasteiger partial charge in [0.05, 0.1) is 13.2 Å². The second-order valence-electron chi connectivity index (χ2n) is 3.70. The quantitative estimate of drug-likeness (QED) is 0.757. The fourth-order valence-corrected chi connectivity index (χ4v) is 1.51. The third-order valence-electron chi connectivity index (χ3n) is 2.25. The number of morpholine rings is 1. The topological polar surface area (TPSA) is 41.5 Å². The Bertz CT molecular complexity index is 190. The third-order valence-corrected chi connectivity index (χ3v) is 3.11. The number of hydrogen-bond donors (Lipinski definition) is 2. The fourth-order valence-electron chi connectivity index (χ4n) is 1.35. The summed E-state index contributed by atoms with van der Waals surface area (Å²) in [6.07, 6.45) is -0.0503. The number of aliphatic hydroxyl groups is 1. The van der Waals surface area contributed by atoms with Gasteiger partial charge in [0.2, 0.25) is 0 Å². The lowest BCUT2D eigenvalue weighted by atomic mass is 9.97. The molecule has 1 aliphatic heterocycles. The van der Waals surface area contributed by atoms with Crippen LogP contribution in [-0.4, -0.2) is 41.3 Å². The fraction of sp³-hybridized carbons (Fsp3) is 1.00. The molecule has 0 radical (unpaired) electrons. The van der Waals surface area contributed by atoms with Gasteiger partial charge in [0.1, 0.15) is 5.60 Å². The molecule has 6 heteroatoms. The van der Waals surface area contributed by atoms with Crippen LogP contribution in [0.15, 0.2) is 0 Å². The van der Waals surface area contributed by atoms with Crippen molar-refractivity contribution in [2.75, 3.05) is 19.8 Å². The van der Waals surface area contributed by atoms with Gasteiger partial charge < -0.3 is 15.2 Å². The normalized spacial score (nSPS) is 28.5. The summed E-state index contributed by atoms with van der Waals surface area (Å²) in [5, 5.41) is 12.5. The highest BCUT2D eigenvalue weighted by Gasteiger charge is 2.47. The second kappa shape index (κ2) is 4.38. The summed E-state index contributed by atoms with van der Waals surface area (Å²) < 4.78 is 30.8. The minimum absolute atomic E-state index is 0.0503. The first-order valence-electron chi connectivity index (χ1n) is 4.43. The van der Waals surface area contributed by atoms with E-state index in [1.54, 1.807) is 0 Å². The highest BCUT2D eigenvalue weighted by Crippen LogP contribution is 2.37. The van der Waals surface area contributed by atoms with Crippen LogP contribution < -0.4 is 5.32 Å². The average Bonchev–Trinajstić information content (AvgIpc) is 2.03. The zero-order chi connectivity index (χ0) is 10.8. The van der Waals surface area contributed by atoms with Gasteiger partial charge in [-0.3, -0.25) is 0 Å². The van der Waals surface area contributed by atoms with E-state index in [-0.39, 0.29) is 12.5 Å². The van der Waals surface area contributed by atoms with Gasteiger partial charge in [-0.25, -0.2) is 0 Å². The van der Waals surface area contributed by atoms with Crippen LogP contribution >= 0.6 is 15.9 Å². The van der Waals surface area contributed by atoms with Crippen molar-refractivity contribution in [2.24, 2.45) is 0 Å². The standard InChI is InChI=1S/C8H14BrF2NO2/c1-7(13,8(9,10)11)4-6-5-14-3-2-12-6/h6,12-13H,2-5H2,1H3. The van der Waals surface area contributed by atoms with Gasteiger partial charge in [-0.05, 0) is 22.9 Å². The summed E-state index contributed by atoms with van der Waals surface area (Å²) in [4.78, 5) is -3.28. The molecule has 14 heavy (non-hydrogen) atoms. The molecule has 0 aliphatic carbocycles.